The topological polar surface area (TPSA) is 108 Å². The number of hydrogen-bond donors (Lipinski definition) is 2. The van der Waals surface area contributed by atoms with Crippen LogP contribution in [0.2, 0.25) is 0 Å². The van der Waals surface area contributed by atoms with Crippen LogP contribution in [0, 0.1) is 5.92 Å². The van der Waals surface area contributed by atoms with Gasteiger partial charge in [-0.25, -0.2) is 4.79 Å². The highest BCUT2D eigenvalue weighted by Crippen LogP contribution is 2.22. The summed E-state index contributed by atoms with van der Waals surface area (Å²) in [5.74, 6) is 1.05. The second-order valence-electron chi connectivity index (χ2n) is 7.28. The Labute approximate surface area is 159 Å². The molecule has 0 atom stereocenters. The number of unbranched alkanes of at least 4 members (excludes halogenated alkanes) is 3. The Morgan fingerprint density at radius 2 is 2.04 bits per heavy atom. The number of ether oxygens (including phenoxy) is 2. The van der Waals surface area contributed by atoms with Crippen molar-refractivity contribution >= 4 is 17.0 Å². The number of aryl methyl sites for hydroxylation is 1. The molecule has 8 nitrogen and oxygen atoms in total. The zero-order valence-electron chi connectivity index (χ0n) is 16.2. The standard InChI is InChI=1S/C19H31N5O3/c1-2-3-11-27-18-22-16(20)15-17(23-18)24(19(25)21-15)10-6-4-5-7-14-8-12-26-13-9-14/h14H,2-13H2,1H3,(H,21,25)(H2,20,22,23). The number of nitrogens with two attached hydrogens (primary N) is 1. The molecule has 1 aliphatic heterocycles. The third-order valence-corrected chi connectivity index (χ3v) is 5.19. The van der Waals surface area contributed by atoms with Crippen LogP contribution >= 0.6 is 0 Å². The fourth-order valence-corrected chi connectivity index (χ4v) is 3.53. The largest absolute Gasteiger partial charge is 0.463 e. The summed E-state index contributed by atoms with van der Waals surface area (Å²) in [7, 11) is 0. The first-order valence-electron chi connectivity index (χ1n) is 10.2. The van der Waals surface area contributed by atoms with Crippen LogP contribution in [-0.4, -0.2) is 39.3 Å². The van der Waals surface area contributed by atoms with Gasteiger partial charge in [0.1, 0.15) is 5.52 Å². The predicted octanol–water partition coefficient (Wildman–Crippen LogP) is 2.87. The molecule has 1 saturated heterocycles. The molecule has 0 radical (unpaired) electrons. The van der Waals surface area contributed by atoms with Crippen LogP contribution in [0.25, 0.3) is 11.2 Å². The van der Waals surface area contributed by atoms with Crippen molar-refractivity contribution in [2.45, 2.75) is 64.8 Å². The molecule has 150 valence electrons. The number of H-pyrrole nitrogens is 1. The van der Waals surface area contributed by atoms with Crippen LogP contribution < -0.4 is 16.2 Å². The first-order chi connectivity index (χ1) is 13.2. The summed E-state index contributed by atoms with van der Waals surface area (Å²) in [5.41, 5.74) is 6.81. The van der Waals surface area contributed by atoms with Gasteiger partial charge in [0.15, 0.2) is 11.5 Å². The maximum atomic E-state index is 12.3. The monoisotopic (exact) mass is 377 g/mol. The number of rotatable bonds is 10. The van der Waals surface area contributed by atoms with Crippen molar-refractivity contribution in [1.29, 1.82) is 0 Å². The van der Waals surface area contributed by atoms with E-state index in [0.717, 1.165) is 44.8 Å². The van der Waals surface area contributed by atoms with Gasteiger partial charge in [-0.3, -0.25) is 4.57 Å². The van der Waals surface area contributed by atoms with Gasteiger partial charge in [0, 0.05) is 19.8 Å². The number of hydrogen-bond acceptors (Lipinski definition) is 6. The molecule has 1 fully saturated rings. The molecule has 3 heterocycles. The Morgan fingerprint density at radius 1 is 1.22 bits per heavy atom. The quantitative estimate of drug-likeness (QED) is 0.616. The van der Waals surface area contributed by atoms with E-state index in [0.29, 0.717) is 24.3 Å². The SMILES string of the molecule is CCCCOc1nc(N)c2[nH]c(=O)n(CCCCCC3CCOCC3)c2n1. The smallest absolute Gasteiger partial charge is 0.327 e. The third kappa shape index (κ3) is 5.22. The number of nitrogens with zero attached hydrogens (tertiary/aromatic N) is 3. The fourth-order valence-electron chi connectivity index (χ4n) is 3.53. The van der Waals surface area contributed by atoms with Gasteiger partial charge in [-0.15, -0.1) is 0 Å². The maximum Gasteiger partial charge on any atom is 0.327 e. The highest BCUT2D eigenvalue weighted by atomic mass is 16.5. The third-order valence-electron chi connectivity index (χ3n) is 5.19. The molecule has 0 bridgehead atoms. The molecule has 3 N–H and O–H groups in total. The van der Waals surface area contributed by atoms with Gasteiger partial charge in [-0.2, -0.15) is 9.97 Å². The van der Waals surface area contributed by atoms with Gasteiger partial charge >= 0.3 is 11.7 Å². The maximum absolute atomic E-state index is 12.3. The molecule has 0 aliphatic carbocycles. The summed E-state index contributed by atoms with van der Waals surface area (Å²) in [5, 5.41) is 0. The van der Waals surface area contributed by atoms with E-state index < -0.39 is 0 Å². The second-order valence-corrected chi connectivity index (χ2v) is 7.28. The van der Waals surface area contributed by atoms with Crippen molar-refractivity contribution in [3.05, 3.63) is 10.5 Å². The van der Waals surface area contributed by atoms with Crippen molar-refractivity contribution < 1.29 is 9.47 Å². The lowest BCUT2D eigenvalue weighted by atomic mass is 9.94. The van der Waals surface area contributed by atoms with Gasteiger partial charge in [-0.1, -0.05) is 32.6 Å². The highest BCUT2D eigenvalue weighted by Gasteiger charge is 2.15. The number of fused-ring (bicyclic) bond motifs is 1. The zero-order chi connectivity index (χ0) is 19.1. The Hall–Kier alpha value is -2.09. The Bertz CT molecular complexity index is 779. The van der Waals surface area contributed by atoms with Crippen molar-refractivity contribution in [2.24, 2.45) is 5.92 Å². The second kappa shape index (κ2) is 9.73. The minimum absolute atomic E-state index is 0.193. The average molecular weight is 377 g/mol. The molecule has 0 aromatic carbocycles. The van der Waals surface area contributed by atoms with Crippen molar-refractivity contribution in [3.8, 4) is 6.01 Å². The number of nitrogen functional groups attached to an aromatic ring is 1. The molecular formula is C19H31N5O3. The van der Waals surface area contributed by atoms with Gasteiger partial charge < -0.3 is 20.2 Å². The molecule has 0 unspecified atom stereocenters. The van der Waals surface area contributed by atoms with Crippen LogP contribution in [0.3, 0.4) is 0 Å². The van der Waals surface area contributed by atoms with E-state index >= 15 is 0 Å². The lowest BCUT2D eigenvalue weighted by Gasteiger charge is -2.21. The fraction of sp³-hybridized carbons (Fsp3) is 0.737. The number of anilines is 1. The first-order valence-corrected chi connectivity index (χ1v) is 10.2. The van der Waals surface area contributed by atoms with E-state index in [1.54, 1.807) is 4.57 Å². The van der Waals surface area contributed by atoms with Gasteiger partial charge in [-0.05, 0) is 31.6 Å². The van der Waals surface area contributed by atoms with Crippen LogP contribution in [0.15, 0.2) is 4.79 Å². The average Bonchev–Trinajstić information content (AvgIpc) is 2.99. The molecule has 3 rings (SSSR count). The Morgan fingerprint density at radius 3 is 2.81 bits per heavy atom. The van der Waals surface area contributed by atoms with E-state index in [9.17, 15) is 4.79 Å². The van der Waals surface area contributed by atoms with Crippen molar-refractivity contribution in [1.82, 2.24) is 19.5 Å². The number of aromatic nitrogens is 4. The normalized spacial score (nSPS) is 15.4. The van der Waals surface area contributed by atoms with Gasteiger partial charge in [0.2, 0.25) is 0 Å². The Balaban J connectivity index is 1.57. The summed E-state index contributed by atoms with van der Waals surface area (Å²) in [4.78, 5) is 23.6. The number of imidazole rings is 1. The van der Waals surface area contributed by atoms with E-state index in [4.69, 9.17) is 15.2 Å². The highest BCUT2D eigenvalue weighted by molar-refractivity contribution is 5.81. The van der Waals surface area contributed by atoms with E-state index in [2.05, 4.69) is 21.9 Å². The van der Waals surface area contributed by atoms with E-state index in [1.807, 2.05) is 0 Å². The molecule has 0 amide bonds. The summed E-state index contributed by atoms with van der Waals surface area (Å²) in [6.45, 7) is 5.06. The van der Waals surface area contributed by atoms with E-state index in [-0.39, 0.29) is 17.5 Å². The minimum Gasteiger partial charge on any atom is -0.463 e. The molecule has 1 aliphatic rings. The number of nitrogens with one attached hydrogen (secondary N) is 1. The summed E-state index contributed by atoms with van der Waals surface area (Å²) in [6.07, 6.45) is 8.77. The molecular weight excluding hydrogens is 346 g/mol. The molecule has 0 saturated carbocycles. The van der Waals surface area contributed by atoms with Crippen LogP contribution in [0.1, 0.15) is 58.3 Å². The zero-order valence-corrected chi connectivity index (χ0v) is 16.2. The van der Waals surface area contributed by atoms with Crippen LogP contribution in [0.4, 0.5) is 5.82 Å². The van der Waals surface area contributed by atoms with Gasteiger partial charge in [0.05, 0.1) is 6.61 Å². The predicted molar refractivity (Wildman–Crippen MR) is 105 cm³/mol. The lowest BCUT2D eigenvalue weighted by Crippen LogP contribution is -2.17. The van der Waals surface area contributed by atoms with Crippen LogP contribution in [0.5, 0.6) is 6.01 Å². The van der Waals surface area contributed by atoms with Crippen LogP contribution in [-0.2, 0) is 11.3 Å². The lowest BCUT2D eigenvalue weighted by molar-refractivity contribution is 0.0631. The van der Waals surface area contributed by atoms with Crippen molar-refractivity contribution in [2.75, 3.05) is 25.6 Å². The van der Waals surface area contributed by atoms with Gasteiger partial charge in [0.25, 0.3) is 0 Å². The molecule has 2 aromatic heterocycles. The summed E-state index contributed by atoms with van der Waals surface area (Å²) < 4.78 is 12.6. The first kappa shape index (κ1) is 19.7. The molecule has 0 spiro atoms. The minimum atomic E-state index is -0.193. The summed E-state index contributed by atoms with van der Waals surface area (Å²) in [6, 6.07) is 0.237. The number of aromatic amines is 1. The Kier molecular flexibility index (Phi) is 7.09. The molecule has 8 heteroatoms. The van der Waals surface area contributed by atoms with Crippen molar-refractivity contribution in [3.63, 3.8) is 0 Å². The molecule has 2 aromatic rings. The van der Waals surface area contributed by atoms with E-state index in [1.165, 1.54) is 25.7 Å². The molecule has 27 heavy (non-hydrogen) atoms. The summed E-state index contributed by atoms with van der Waals surface area (Å²) >= 11 is 0.